The van der Waals surface area contributed by atoms with Gasteiger partial charge in [0, 0.05) is 29.1 Å². The Kier molecular flexibility index (Phi) is 5.23. The molecule has 0 amide bonds. The third-order valence-corrected chi connectivity index (χ3v) is 6.11. The summed E-state index contributed by atoms with van der Waals surface area (Å²) in [7, 11) is 4.47. The zero-order valence-electron chi connectivity index (χ0n) is 13.7. The number of hydrogen-bond acceptors (Lipinski definition) is 3. The number of hydrogen-bond donors (Lipinski definition) is 0. The minimum atomic E-state index is 0.198. The van der Waals surface area contributed by atoms with Crippen molar-refractivity contribution in [2.45, 2.75) is 37.3 Å². The summed E-state index contributed by atoms with van der Waals surface area (Å²) >= 11 is 3.55. The first kappa shape index (κ1) is 16.4. The largest absolute Gasteiger partial charge is 0.379 e. The van der Waals surface area contributed by atoms with Gasteiger partial charge in [0.2, 0.25) is 0 Å². The van der Waals surface area contributed by atoms with Gasteiger partial charge >= 0.3 is 0 Å². The van der Waals surface area contributed by atoms with Crippen molar-refractivity contribution in [2.75, 3.05) is 40.4 Å². The summed E-state index contributed by atoms with van der Waals surface area (Å²) < 4.78 is 6.66. The zero-order valence-corrected chi connectivity index (χ0v) is 15.3. The fourth-order valence-electron chi connectivity index (χ4n) is 4.14. The molecule has 122 valence electrons. The molecular formula is C18H27BrN2O. The van der Waals surface area contributed by atoms with Gasteiger partial charge in [-0.3, -0.25) is 9.80 Å². The van der Waals surface area contributed by atoms with Gasteiger partial charge in [-0.1, -0.05) is 28.1 Å². The summed E-state index contributed by atoms with van der Waals surface area (Å²) in [5.74, 6) is 0. The van der Waals surface area contributed by atoms with Crippen molar-refractivity contribution in [3.63, 3.8) is 0 Å². The molecule has 4 heteroatoms. The highest BCUT2D eigenvalue weighted by molar-refractivity contribution is 9.10. The Morgan fingerprint density at radius 2 is 1.68 bits per heavy atom. The topological polar surface area (TPSA) is 15.7 Å². The molecule has 1 aromatic carbocycles. The monoisotopic (exact) mass is 366 g/mol. The fourth-order valence-corrected chi connectivity index (χ4v) is 4.41. The van der Waals surface area contributed by atoms with E-state index < -0.39 is 0 Å². The minimum Gasteiger partial charge on any atom is -0.379 e. The van der Waals surface area contributed by atoms with E-state index in [0.717, 1.165) is 36.8 Å². The average Bonchev–Trinajstić information content (AvgIpc) is 2.56. The normalized spacial score (nSPS) is 30.6. The molecule has 0 unspecified atom stereocenters. The van der Waals surface area contributed by atoms with Gasteiger partial charge in [-0.05, 0) is 57.5 Å². The molecule has 1 aliphatic carbocycles. The van der Waals surface area contributed by atoms with Crippen LogP contribution in [0.1, 0.15) is 31.2 Å². The molecule has 1 saturated carbocycles. The van der Waals surface area contributed by atoms with Crippen LogP contribution in [0.3, 0.4) is 0 Å². The molecular weight excluding hydrogens is 340 g/mol. The SMILES string of the molecule is CN(C)C1(c2ccc(Br)cc2)CCC(N2CCOCC2)CC1. The Bertz CT molecular complexity index is 474. The summed E-state index contributed by atoms with van der Waals surface area (Å²) in [5, 5.41) is 0. The van der Waals surface area contributed by atoms with Gasteiger partial charge in [-0.15, -0.1) is 0 Å². The molecule has 3 rings (SSSR count). The standard InChI is InChI=1S/C18H27BrN2O/c1-20(2)18(15-3-5-16(19)6-4-15)9-7-17(8-10-18)21-11-13-22-14-12-21/h3-6,17H,7-14H2,1-2H3. The number of ether oxygens (including phenoxy) is 1. The summed E-state index contributed by atoms with van der Waals surface area (Å²) in [6.07, 6.45) is 5.05. The number of morpholine rings is 1. The average molecular weight is 367 g/mol. The van der Waals surface area contributed by atoms with E-state index in [9.17, 15) is 0 Å². The van der Waals surface area contributed by atoms with E-state index in [1.807, 2.05) is 0 Å². The van der Waals surface area contributed by atoms with Gasteiger partial charge < -0.3 is 4.74 Å². The van der Waals surface area contributed by atoms with Crippen molar-refractivity contribution < 1.29 is 4.74 Å². The van der Waals surface area contributed by atoms with Crippen LogP contribution in [0.15, 0.2) is 28.7 Å². The third kappa shape index (κ3) is 3.25. The summed E-state index contributed by atoms with van der Waals surface area (Å²) in [6.45, 7) is 4.03. The van der Waals surface area contributed by atoms with Crippen LogP contribution in [0.2, 0.25) is 0 Å². The lowest BCUT2D eigenvalue weighted by atomic mass is 9.73. The lowest BCUT2D eigenvalue weighted by molar-refractivity contribution is -0.0112. The Balaban J connectivity index is 1.73. The van der Waals surface area contributed by atoms with Crippen molar-refractivity contribution >= 4 is 15.9 Å². The van der Waals surface area contributed by atoms with Crippen LogP contribution in [-0.2, 0) is 10.3 Å². The van der Waals surface area contributed by atoms with Gasteiger partial charge in [0.15, 0.2) is 0 Å². The molecule has 1 aliphatic heterocycles. The first-order chi connectivity index (χ1) is 10.6. The van der Waals surface area contributed by atoms with Gasteiger partial charge in [0.05, 0.1) is 13.2 Å². The Morgan fingerprint density at radius 1 is 1.09 bits per heavy atom. The molecule has 1 heterocycles. The van der Waals surface area contributed by atoms with E-state index in [-0.39, 0.29) is 5.54 Å². The van der Waals surface area contributed by atoms with E-state index in [0.29, 0.717) is 0 Å². The van der Waals surface area contributed by atoms with Crippen LogP contribution < -0.4 is 0 Å². The van der Waals surface area contributed by atoms with Crippen LogP contribution in [0, 0.1) is 0 Å². The maximum Gasteiger partial charge on any atom is 0.0594 e. The number of rotatable bonds is 3. The Morgan fingerprint density at radius 3 is 2.23 bits per heavy atom. The fraction of sp³-hybridized carbons (Fsp3) is 0.667. The van der Waals surface area contributed by atoms with Crippen molar-refractivity contribution in [1.29, 1.82) is 0 Å². The zero-order chi connectivity index (χ0) is 15.6. The molecule has 0 N–H and O–H groups in total. The Labute approximate surface area is 142 Å². The lowest BCUT2D eigenvalue weighted by Gasteiger charge is -2.48. The molecule has 0 radical (unpaired) electrons. The van der Waals surface area contributed by atoms with Gasteiger partial charge in [-0.25, -0.2) is 0 Å². The van der Waals surface area contributed by atoms with Gasteiger partial charge in [0.25, 0.3) is 0 Å². The highest BCUT2D eigenvalue weighted by atomic mass is 79.9. The van der Waals surface area contributed by atoms with E-state index >= 15 is 0 Å². The second-order valence-electron chi connectivity index (χ2n) is 6.81. The highest BCUT2D eigenvalue weighted by Gasteiger charge is 2.40. The quantitative estimate of drug-likeness (QED) is 0.814. The van der Waals surface area contributed by atoms with Crippen molar-refractivity contribution in [3.8, 4) is 0 Å². The molecule has 2 fully saturated rings. The molecule has 0 atom stereocenters. The summed E-state index contributed by atoms with van der Waals surface area (Å²) in [5.41, 5.74) is 1.66. The minimum absolute atomic E-state index is 0.198. The van der Waals surface area contributed by atoms with Gasteiger partial charge in [0.1, 0.15) is 0 Å². The van der Waals surface area contributed by atoms with Crippen LogP contribution in [0.4, 0.5) is 0 Å². The number of halogens is 1. The molecule has 2 aliphatic rings. The first-order valence-electron chi connectivity index (χ1n) is 8.37. The molecule has 1 aromatic rings. The lowest BCUT2D eigenvalue weighted by Crippen LogP contribution is -2.51. The van der Waals surface area contributed by atoms with E-state index in [2.05, 4.69) is 64.1 Å². The molecule has 22 heavy (non-hydrogen) atoms. The van der Waals surface area contributed by atoms with E-state index in [4.69, 9.17) is 4.74 Å². The highest BCUT2D eigenvalue weighted by Crippen LogP contribution is 2.42. The molecule has 0 aromatic heterocycles. The summed E-state index contributed by atoms with van der Waals surface area (Å²) in [6, 6.07) is 9.68. The van der Waals surface area contributed by atoms with Crippen LogP contribution >= 0.6 is 15.9 Å². The van der Waals surface area contributed by atoms with Crippen molar-refractivity contribution in [2.24, 2.45) is 0 Å². The molecule has 3 nitrogen and oxygen atoms in total. The molecule has 1 saturated heterocycles. The maximum absolute atomic E-state index is 5.50. The first-order valence-corrected chi connectivity index (χ1v) is 9.16. The second-order valence-corrected chi connectivity index (χ2v) is 7.73. The van der Waals surface area contributed by atoms with Crippen LogP contribution in [-0.4, -0.2) is 56.2 Å². The molecule has 0 spiro atoms. The predicted octanol–water partition coefficient (Wildman–Crippen LogP) is 3.48. The predicted molar refractivity (Wildman–Crippen MR) is 94.2 cm³/mol. The van der Waals surface area contributed by atoms with Crippen molar-refractivity contribution in [3.05, 3.63) is 34.3 Å². The summed E-state index contributed by atoms with van der Waals surface area (Å²) in [4.78, 5) is 5.08. The Hall–Kier alpha value is -0.420. The van der Waals surface area contributed by atoms with E-state index in [1.165, 1.54) is 31.2 Å². The number of nitrogens with zero attached hydrogens (tertiary/aromatic N) is 2. The van der Waals surface area contributed by atoms with Crippen molar-refractivity contribution in [1.82, 2.24) is 9.80 Å². The number of benzene rings is 1. The van der Waals surface area contributed by atoms with Gasteiger partial charge in [-0.2, -0.15) is 0 Å². The second kappa shape index (κ2) is 7.00. The molecule has 0 bridgehead atoms. The smallest absolute Gasteiger partial charge is 0.0594 e. The van der Waals surface area contributed by atoms with E-state index in [1.54, 1.807) is 0 Å². The third-order valence-electron chi connectivity index (χ3n) is 5.58. The van der Waals surface area contributed by atoms with Crippen LogP contribution in [0.25, 0.3) is 0 Å². The van der Waals surface area contributed by atoms with Crippen LogP contribution in [0.5, 0.6) is 0 Å². The maximum atomic E-state index is 5.50.